The summed E-state index contributed by atoms with van der Waals surface area (Å²) in [7, 11) is 0.655. The number of aromatic nitrogens is 4. The van der Waals surface area contributed by atoms with Gasteiger partial charge in [-0.2, -0.15) is 0 Å². The van der Waals surface area contributed by atoms with Crippen molar-refractivity contribution >= 4 is 145 Å². The standard InChI is InChI=1S/C34H21N3O.C18H11NO3.C18H11NO.C12H8BO3/c1-3-11-22(12-4-1)27-21-28(23-13-5-2-6-14-23)36-34(35-27)37-29-17-9-7-16-26(29)32-30(37)20-19-25-24-15-8-10-18-31(24)38-33(25)32;20-19(21)16-10-3-1-6-12(16)14-8-5-9-15-13-7-2-4-11-17(13)22-18(14)15;1-3-7-14-13(6-1)17-15(19-14)10-9-12-11-5-2-4-8-16(11)20-18(12)17;14-13-16-11-7-3-5-9-8-4-1-2-6-10(8)15-12(9)11/h1-21H;1-11H;1-10,19H;1-7,14H. The fourth-order valence-corrected chi connectivity index (χ4v) is 13.3. The molecule has 7 aromatic heterocycles. The second-order valence-corrected chi connectivity index (χ2v) is 23.1. The molecule has 0 aliphatic carbocycles. The van der Waals surface area contributed by atoms with E-state index in [0.717, 1.165) is 127 Å². The van der Waals surface area contributed by atoms with Crippen molar-refractivity contribution in [2.45, 2.75) is 0 Å². The Morgan fingerprint density at radius 1 is 0.385 bits per heavy atom. The van der Waals surface area contributed by atoms with Gasteiger partial charge in [0.15, 0.2) is 5.58 Å². The van der Waals surface area contributed by atoms with Crippen LogP contribution in [0.3, 0.4) is 0 Å². The molecule has 13 aromatic carbocycles. The van der Waals surface area contributed by atoms with Gasteiger partial charge in [-0.05, 0) is 78.9 Å². The van der Waals surface area contributed by atoms with Gasteiger partial charge in [0.2, 0.25) is 5.95 Å². The summed E-state index contributed by atoms with van der Waals surface area (Å²) in [5, 5.41) is 33.1. The van der Waals surface area contributed by atoms with Crippen molar-refractivity contribution in [3.8, 4) is 45.3 Å². The van der Waals surface area contributed by atoms with Crippen LogP contribution in [0.15, 0.2) is 315 Å². The molecule has 2 N–H and O–H groups in total. The van der Waals surface area contributed by atoms with Gasteiger partial charge >= 0.3 is 7.69 Å². The molecule has 20 aromatic rings. The lowest BCUT2D eigenvalue weighted by molar-refractivity contribution is -0.384. The lowest BCUT2D eigenvalue weighted by Gasteiger charge is -2.11. The van der Waals surface area contributed by atoms with E-state index in [9.17, 15) is 10.1 Å². The number of nitrogens with zero attached hydrogens (tertiary/aromatic N) is 4. The van der Waals surface area contributed by atoms with E-state index in [1.807, 2.05) is 146 Å². The molecule has 0 aliphatic heterocycles. The average Bonchev–Trinajstić information content (AvgIpc) is 1.57. The van der Waals surface area contributed by atoms with Crippen molar-refractivity contribution in [1.82, 2.24) is 19.5 Å². The van der Waals surface area contributed by atoms with Gasteiger partial charge in [-0.25, -0.2) is 9.97 Å². The molecule has 1 radical (unpaired) electrons. The molecule has 455 valence electrons. The van der Waals surface area contributed by atoms with Crippen LogP contribution >= 0.6 is 0 Å². The number of hydrogen-bond donors (Lipinski definition) is 2. The van der Waals surface area contributed by atoms with Gasteiger partial charge in [-0.3, -0.25) is 14.7 Å². The lowest BCUT2D eigenvalue weighted by atomic mass is 10.0. The third-order valence-electron chi connectivity index (χ3n) is 17.6. The number of furan rings is 4. The Labute approximate surface area is 546 Å². The van der Waals surface area contributed by atoms with Crippen molar-refractivity contribution in [2.75, 3.05) is 0 Å². The predicted octanol–water partition coefficient (Wildman–Crippen LogP) is 21.7. The Hall–Kier alpha value is -13.0. The number of nitro benzene ring substituents is 1. The molecule has 0 saturated carbocycles. The SMILES string of the molecule is O=[N+]([O-])c1ccccc1-c1cccc2c1oc1ccccc12.O[B]Oc1cccc2c1oc1ccccc12.c1ccc(-c2cc(-c3ccccc3)nc(-n3c4ccccc4c4c5oc6ccccc6c5ccc43)n2)cc1.c1ccc2c(c1)[nH]c1ccc3c4ccccc4oc3c12. The van der Waals surface area contributed by atoms with Crippen LogP contribution < -0.4 is 4.65 Å². The summed E-state index contributed by atoms with van der Waals surface area (Å²) < 4.78 is 31.3. The minimum absolute atomic E-state index is 0.0791. The summed E-state index contributed by atoms with van der Waals surface area (Å²) in [5.41, 5.74) is 16.2. The number of nitrogens with one attached hydrogen (secondary N) is 1. The molecular weight excluding hydrogens is 1190 g/mol. The average molecular weight is 1250 g/mol. The van der Waals surface area contributed by atoms with Crippen LogP contribution in [0.2, 0.25) is 0 Å². The molecule has 0 bridgehead atoms. The zero-order chi connectivity index (χ0) is 64.2. The molecule has 0 saturated heterocycles. The Morgan fingerprint density at radius 3 is 1.44 bits per heavy atom. The molecule has 0 amide bonds. The van der Waals surface area contributed by atoms with Gasteiger partial charge in [0.25, 0.3) is 5.69 Å². The van der Waals surface area contributed by atoms with E-state index in [1.54, 1.807) is 24.3 Å². The smallest absolute Gasteiger partial charge is 0.535 e. The first kappa shape index (κ1) is 56.9. The second-order valence-electron chi connectivity index (χ2n) is 23.1. The molecule has 0 fully saturated rings. The Morgan fingerprint density at radius 2 is 0.833 bits per heavy atom. The quantitative estimate of drug-likeness (QED) is 0.0889. The number of rotatable bonds is 7. The normalized spacial score (nSPS) is 11.5. The van der Waals surface area contributed by atoms with E-state index in [1.165, 1.54) is 27.6 Å². The highest BCUT2D eigenvalue weighted by Crippen LogP contribution is 2.43. The summed E-state index contributed by atoms with van der Waals surface area (Å²) in [5.74, 6) is 1.14. The van der Waals surface area contributed by atoms with E-state index >= 15 is 0 Å². The molecule has 13 nitrogen and oxygen atoms in total. The molecule has 7 heterocycles. The van der Waals surface area contributed by atoms with Crippen LogP contribution in [0, 0.1) is 10.1 Å². The van der Waals surface area contributed by atoms with Crippen LogP contribution in [0.5, 0.6) is 5.75 Å². The second kappa shape index (κ2) is 23.9. The topological polar surface area (TPSA) is 172 Å². The molecule has 14 heteroatoms. The minimum atomic E-state index is -0.364. The molecule has 0 unspecified atom stereocenters. The third kappa shape index (κ3) is 9.88. The Kier molecular flexibility index (Phi) is 14.2. The lowest BCUT2D eigenvalue weighted by Crippen LogP contribution is -2.03. The van der Waals surface area contributed by atoms with Gasteiger partial charge in [0.05, 0.1) is 49.2 Å². The van der Waals surface area contributed by atoms with Gasteiger partial charge < -0.3 is 32.3 Å². The number of para-hydroxylation sites is 9. The summed E-state index contributed by atoms with van der Waals surface area (Å²) in [6.07, 6.45) is 0. The van der Waals surface area contributed by atoms with E-state index in [-0.39, 0.29) is 10.6 Å². The maximum Gasteiger partial charge on any atom is 0.569 e. The highest BCUT2D eigenvalue weighted by Gasteiger charge is 2.23. The molecular formula is C82H51BN5O8. The summed E-state index contributed by atoms with van der Waals surface area (Å²) in [6, 6.07) is 98.0. The number of hydrogen-bond acceptors (Lipinski definition) is 10. The van der Waals surface area contributed by atoms with Crippen LogP contribution in [0.4, 0.5) is 5.69 Å². The molecule has 96 heavy (non-hydrogen) atoms. The maximum absolute atomic E-state index is 11.3. The van der Waals surface area contributed by atoms with Crippen molar-refractivity contribution in [3.05, 3.63) is 307 Å². The van der Waals surface area contributed by atoms with Crippen molar-refractivity contribution in [2.24, 2.45) is 0 Å². The van der Waals surface area contributed by atoms with E-state index < -0.39 is 0 Å². The van der Waals surface area contributed by atoms with Crippen molar-refractivity contribution in [1.29, 1.82) is 0 Å². The van der Waals surface area contributed by atoms with Crippen LogP contribution in [0.25, 0.3) is 171 Å². The monoisotopic (exact) mass is 1240 g/mol. The zero-order valence-electron chi connectivity index (χ0n) is 51.0. The van der Waals surface area contributed by atoms with Crippen LogP contribution in [-0.4, -0.2) is 37.2 Å². The molecule has 0 atom stereocenters. The number of nitro groups is 1. The minimum Gasteiger partial charge on any atom is -0.535 e. The number of H-pyrrole nitrogens is 1. The fraction of sp³-hybridized carbons (Fsp3) is 0. The number of fused-ring (bicyclic) bond motifs is 20. The largest absolute Gasteiger partial charge is 0.569 e. The van der Waals surface area contributed by atoms with E-state index in [2.05, 4.69) is 131 Å². The van der Waals surface area contributed by atoms with Crippen molar-refractivity contribution in [3.63, 3.8) is 0 Å². The molecule has 0 spiro atoms. The molecule has 20 rings (SSSR count). The highest BCUT2D eigenvalue weighted by molar-refractivity contribution is 6.25. The van der Waals surface area contributed by atoms with Crippen molar-refractivity contribution < 1.29 is 32.3 Å². The highest BCUT2D eigenvalue weighted by atomic mass is 16.6. The number of aromatic amines is 1. The number of benzene rings is 13. The van der Waals surface area contributed by atoms with Gasteiger partial charge in [0, 0.05) is 82.1 Å². The van der Waals surface area contributed by atoms with Crippen LogP contribution in [-0.2, 0) is 0 Å². The van der Waals surface area contributed by atoms with E-state index in [4.69, 9.17) is 37.3 Å². The van der Waals surface area contributed by atoms with Gasteiger partial charge in [-0.1, -0.05) is 212 Å². The summed E-state index contributed by atoms with van der Waals surface area (Å²) in [6.45, 7) is 0. The van der Waals surface area contributed by atoms with Gasteiger partial charge in [0.1, 0.15) is 44.8 Å². The van der Waals surface area contributed by atoms with E-state index in [0.29, 0.717) is 36.1 Å². The first-order valence-corrected chi connectivity index (χ1v) is 31.2. The Bertz CT molecular complexity index is 6310. The van der Waals surface area contributed by atoms with Crippen LogP contribution in [0.1, 0.15) is 0 Å². The predicted molar refractivity (Wildman–Crippen MR) is 386 cm³/mol. The fourth-order valence-electron chi connectivity index (χ4n) is 13.3. The van der Waals surface area contributed by atoms with Gasteiger partial charge in [-0.15, -0.1) is 0 Å². The maximum atomic E-state index is 11.3. The molecule has 0 aliphatic rings. The first-order chi connectivity index (χ1) is 47.4. The Balaban J connectivity index is 0.000000103. The first-order valence-electron chi connectivity index (χ1n) is 31.2. The summed E-state index contributed by atoms with van der Waals surface area (Å²) in [4.78, 5) is 24.6. The summed E-state index contributed by atoms with van der Waals surface area (Å²) >= 11 is 0. The zero-order valence-corrected chi connectivity index (χ0v) is 51.0. The third-order valence-corrected chi connectivity index (χ3v) is 17.6.